The minimum absolute atomic E-state index is 0.314. The Morgan fingerprint density at radius 3 is 2.23 bits per heavy atom. The lowest BCUT2D eigenvalue weighted by Crippen LogP contribution is -2.22. The number of amides is 3. The summed E-state index contributed by atoms with van der Waals surface area (Å²) >= 11 is 0. The van der Waals surface area contributed by atoms with Crippen molar-refractivity contribution in [1.82, 2.24) is 15.5 Å². The molecule has 1 saturated heterocycles. The van der Waals surface area contributed by atoms with E-state index in [1.165, 1.54) is 0 Å². The van der Waals surface area contributed by atoms with Gasteiger partial charge in [0.1, 0.15) is 5.70 Å². The van der Waals surface area contributed by atoms with Crippen LogP contribution in [0, 0.1) is 0 Å². The lowest BCUT2D eigenvalue weighted by Gasteiger charge is -2.15. The first kappa shape index (κ1) is 9.57. The van der Waals surface area contributed by atoms with Crippen LogP contribution in [0.2, 0.25) is 0 Å². The van der Waals surface area contributed by atoms with Gasteiger partial charge in [-0.15, -0.1) is 0 Å². The van der Waals surface area contributed by atoms with Crippen molar-refractivity contribution in [2.24, 2.45) is 0 Å². The number of rotatable bonds is 3. The summed E-state index contributed by atoms with van der Waals surface area (Å²) in [5.74, 6) is -0.364. The van der Waals surface area contributed by atoms with Crippen LogP contribution >= 0.6 is 0 Å². The molecule has 0 bridgehead atoms. The monoisotopic (exact) mass is 183 g/mol. The molecular formula is C8H13N3O2. The molecule has 1 aliphatic rings. The van der Waals surface area contributed by atoms with Crippen LogP contribution in [0.15, 0.2) is 11.9 Å². The van der Waals surface area contributed by atoms with Gasteiger partial charge >= 0.3 is 6.03 Å². The maximum absolute atomic E-state index is 11.1. The number of imide groups is 1. The fourth-order valence-corrected chi connectivity index (χ4v) is 1.06. The van der Waals surface area contributed by atoms with Crippen LogP contribution in [-0.2, 0) is 4.79 Å². The molecule has 0 aromatic carbocycles. The number of hydrogen-bond donors (Lipinski definition) is 2. The summed E-state index contributed by atoms with van der Waals surface area (Å²) in [6.07, 6.45) is 1.65. The van der Waals surface area contributed by atoms with E-state index in [-0.39, 0.29) is 5.91 Å². The van der Waals surface area contributed by atoms with Gasteiger partial charge in [0.2, 0.25) is 0 Å². The maximum atomic E-state index is 11.1. The van der Waals surface area contributed by atoms with Gasteiger partial charge in [0.25, 0.3) is 5.91 Å². The van der Waals surface area contributed by atoms with Gasteiger partial charge in [-0.05, 0) is 13.8 Å². The average molecular weight is 183 g/mol. The second-order valence-electron chi connectivity index (χ2n) is 2.67. The van der Waals surface area contributed by atoms with E-state index in [1.54, 1.807) is 6.20 Å². The van der Waals surface area contributed by atoms with Crippen LogP contribution in [-0.4, -0.2) is 29.9 Å². The summed E-state index contributed by atoms with van der Waals surface area (Å²) < 4.78 is 0. The summed E-state index contributed by atoms with van der Waals surface area (Å²) in [6, 6.07) is -0.455. The Bertz CT molecular complexity index is 256. The molecule has 1 aliphatic heterocycles. The third kappa shape index (κ3) is 2.21. The Kier molecular flexibility index (Phi) is 2.89. The number of carbonyl (C=O) groups excluding carboxylic acids is 2. The summed E-state index contributed by atoms with van der Waals surface area (Å²) in [5.41, 5.74) is 0.314. The lowest BCUT2D eigenvalue weighted by atomic mass is 10.4. The molecule has 0 spiro atoms. The van der Waals surface area contributed by atoms with E-state index in [1.807, 2.05) is 18.7 Å². The van der Waals surface area contributed by atoms with Gasteiger partial charge in [-0.1, -0.05) is 0 Å². The summed E-state index contributed by atoms with van der Waals surface area (Å²) in [4.78, 5) is 23.7. The molecule has 0 unspecified atom stereocenters. The van der Waals surface area contributed by atoms with Crippen LogP contribution in [0.5, 0.6) is 0 Å². The molecule has 0 radical (unpaired) electrons. The first-order valence-electron chi connectivity index (χ1n) is 4.25. The molecule has 2 N–H and O–H groups in total. The van der Waals surface area contributed by atoms with Crippen LogP contribution in [0.1, 0.15) is 13.8 Å². The highest BCUT2D eigenvalue weighted by molar-refractivity contribution is 6.11. The van der Waals surface area contributed by atoms with Crippen molar-refractivity contribution < 1.29 is 9.59 Å². The SMILES string of the molecule is CCN(/C=C1/NC(=O)NC1=O)CC. The van der Waals surface area contributed by atoms with Crippen molar-refractivity contribution in [1.29, 1.82) is 0 Å². The third-order valence-electron chi connectivity index (χ3n) is 1.84. The highest BCUT2D eigenvalue weighted by Gasteiger charge is 2.23. The van der Waals surface area contributed by atoms with Crippen molar-refractivity contribution in [2.75, 3.05) is 13.1 Å². The van der Waals surface area contributed by atoms with Crippen molar-refractivity contribution in [3.63, 3.8) is 0 Å². The minimum atomic E-state index is -0.455. The Morgan fingerprint density at radius 2 is 1.85 bits per heavy atom. The van der Waals surface area contributed by atoms with Crippen molar-refractivity contribution in [3.05, 3.63) is 11.9 Å². The van der Waals surface area contributed by atoms with E-state index in [0.717, 1.165) is 13.1 Å². The third-order valence-corrected chi connectivity index (χ3v) is 1.84. The largest absolute Gasteiger partial charge is 0.376 e. The van der Waals surface area contributed by atoms with E-state index >= 15 is 0 Å². The molecule has 0 atom stereocenters. The normalized spacial score (nSPS) is 18.8. The van der Waals surface area contributed by atoms with Crippen molar-refractivity contribution >= 4 is 11.9 Å². The van der Waals surface area contributed by atoms with Crippen molar-refractivity contribution in [3.8, 4) is 0 Å². The van der Waals surface area contributed by atoms with Gasteiger partial charge < -0.3 is 10.2 Å². The van der Waals surface area contributed by atoms with Gasteiger partial charge in [0.15, 0.2) is 0 Å². The Morgan fingerprint density at radius 1 is 1.23 bits per heavy atom. The molecule has 13 heavy (non-hydrogen) atoms. The van der Waals surface area contributed by atoms with Gasteiger partial charge in [-0.3, -0.25) is 10.1 Å². The number of nitrogens with zero attached hydrogens (tertiary/aromatic N) is 1. The van der Waals surface area contributed by atoms with Crippen LogP contribution in [0.4, 0.5) is 4.79 Å². The van der Waals surface area contributed by atoms with Crippen LogP contribution in [0.3, 0.4) is 0 Å². The smallest absolute Gasteiger partial charge is 0.326 e. The second kappa shape index (κ2) is 3.93. The Hall–Kier alpha value is -1.52. The fourth-order valence-electron chi connectivity index (χ4n) is 1.06. The topological polar surface area (TPSA) is 61.4 Å². The Balaban J connectivity index is 2.70. The van der Waals surface area contributed by atoms with Crippen LogP contribution in [0.25, 0.3) is 0 Å². The summed E-state index contributed by atoms with van der Waals surface area (Å²) in [6.45, 7) is 5.58. The molecule has 5 heteroatoms. The Labute approximate surface area is 76.8 Å². The minimum Gasteiger partial charge on any atom is -0.376 e. The zero-order valence-electron chi connectivity index (χ0n) is 7.76. The standard InChI is InChI=1S/C8H13N3O2/c1-3-11(4-2)5-6-7(12)10-8(13)9-6/h5H,3-4H2,1-2H3,(H2,9,10,12,13)/b6-5+. The fraction of sp³-hybridized carbons (Fsp3) is 0.500. The summed E-state index contributed by atoms with van der Waals surface area (Å²) in [5, 5.41) is 4.56. The predicted octanol–water partition coefficient (Wildman–Crippen LogP) is 0.00900. The van der Waals surface area contributed by atoms with E-state index in [4.69, 9.17) is 0 Å². The molecule has 0 aliphatic carbocycles. The van der Waals surface area contributed by atoms with Gasteiger partial charge in [-0.25, -0.2) is 4.79 Å². The number of urea groups is 1. The lowest BCUT2D eigenvalue weighted by molar-refractivity contribution is -0.115. The quantitative estimate of drug-likeness (QED) is 0.478. The molecule has 1 rings (SSSR count). The second-order valence-corrected chi connectivity index (χ2v) is 2.67. The first-order chi connectivity index (χ1) is 6.17. The number of hydrogen-bond acceptors (Lipinski definition) is 3. The molecule has 0 aromatic heterocycles. The summed E-state index contributed by atoms with van der Waals surface area (Å²) in [7, 11) is 0. The number of nitrogens with one attached hydrogen (secondary N) is 2. The van der Waals surface area contributed by atoms with E-state index in [9.17, 15) is 9.59 Å². The molecule has 0 aromatic rings. The molecule has 72 valence electrons. The molecule has 3 amide bonds. The van der Waals surface area contributed by atoms with E-state index < -0.39 is 6.03 Å². The molecular weight excluding hydrogens is 170 g/mol. The molecule has 0 saturated carbocycles. The molecule has 5 nitrogen and oxygen atoms in total. The number of carbonyl (C=O) groups is 2. The molecule has 1 fully saturated rings. The van der Waals surface area contributed by atoms with E-state index in [0.29, 0.717) is 5.70 Å². The maximum Gasteiger partial charge on any atom is 0.326 e. The molecule has 1 heterocycles. The van der Waals surface area contributed by atoms with Gasteiger partial charge in [-0.2, -0.15) is 0 Å². The van der Waals surface area contributed by atoms with Crippen LogP contribution < -0.4 is 10.6 Å². The highest BCUT2D eigenvalue weighted by atomic mass is 16.2. The predicted molar refractivity (Wildman–Crippen MR) is 47.7 cm³/mol. The van der Waals surface area contributed by atoms with Gasteiger partial charge in [0.05, 0.1) is 0 Å². The van der Waals surface area contributed by atoms with E-state index in [2.05, 4.69) is 10.6 Å². The van der Waals surface area contributed by atoms with Gasteiger partial charge in [0, 0.05) is 19.3 Å². The highest BCUT2D eigenvalue weighted by Crippen LogP contribution is 2.00. The van der Waals surface area contributed by atoms with Crippen molar-refractivity contribution in [2.45, 2.75) is 13.8 Å². The zero-order valence-corrected chi connectivity index (χ0v) is 7.76. The average Bonchev–Trinajstić information content (AvgIpc) is 2.41. The first-order valence-corrected chi connectivity index (χ1v) is 4.25. The zero-order chi connectivity index (χ0) is 9.84.